The van der Waals surface area contributed by atoms with Crippen LogP contribution in [0.15, 0.2) is 0 Å². The topological polar surface area (TPSA) is 59.1 Å². The number of fused-ring (bicyclic) bond motifs is 1. The first-order chi connectivity index (χ1) is 13.2. The molecule has 3 aliphatic rings. The van der Waals surface area contributed by atoms with E-state index in [0.29, 0.717) is 13.0 Å². The van der Waals surface area contributed by atoms with E-state index in [-0.39, 0.29) is 35.4 Å². The Bertz CT molecular complexity index is 568. The molecule has 0 aromatic carbocycles. The normalized spacial score (nSPS) is 30.8. The van der Waals surface area contributed by atoms with Crippen molar-refractivity contribution in [2.24, 2.45) is 5.41 Å². The average Bonchev–Trinajstić information content (AvgIpc) is 2.98. The van der Waals surface area contributed by atoms with E-state index in [9.17, 15) is 9.59 Å². The molecule has 160 valence electrons. The Kier molecular flexibility index (Phi) is 6.67. The van der Waals surface area contributed by atoms with E-state index in [1.54, 1.807) is 0 Å². The lowest BCUT2D eigenvalue weighted by Crippen LogP contribution is -2.51. The second kappa shape index (κ2) is 8.67. The number of likely N-dealkylation sites (N-methyl/N-ethyl adjacent to an activating group) is 2. The fourth-order valence-electron chi connectivity index (χ4n) is 4.94. The molecule has 7 heteroatoms. The van der Waals surface area contributed by atoms with Gasteiger partial charge < -0.3 is 15.1 Å². The van der Waals surface area contributed by atoms with E-state index in [1.807, 2.05) is 4.90 Å². The summed E-state index contributed by atoms with van der Waals surface area (Å²) < 4.78 is 0. The summed E-state index contributed by atoms with van der Waals surface area (Å²) in [5.74, 6) is 0.417. The van der Waals surface area contributed by atoms with Crippen LogP contribution in [-0.2, 0) is 9.59 Å². The summed E-state index contributed by atoms with van der Waals surface area (Å²) in [5, 5.41) is 3.17. The number of piperazine rings is 1. The lowest BCUT2D eigenvalue weighted by atomic mass is 9.95. The van der Waals surface area contributed by atoms with Crippen molar-refractivity contribution in [3.63, 3.8) is 0 Å². The van der Waals surface area contributed by atoms with E-state index < -0.39 is 0 Å². The third-order valence-corrected chi connectivity index (χ3v) is 6.57. The molecule has 0 spiro atoms. The van der Waals surface area contributed by atoms with Crippen LogP contribution in [-0.4, -0.2) is 109 Å². The minimum Gasteiger partial charge on any atom is -0.353 e. The molecular formula is C21H39N5O2. The number of carbonyl (C=O) groups excluding carboxylic acids is 2. The van der Waals surface area contributed by atoms with Crippen molar-refractivity contribution < 1.29 is 9.59 Å². The molecule has 0 radical (unpaired) electrons. The van der Waals surface area contributed by atoms with Gasteiger partial charge >= 0.3 is 0 Å². The van der Waals surface area contributed by atoms with Gasteiger partial charge in [-0.25, -0.2) is 0 Å². The van der Waals surface area contributed by atoms with Crippen molar-refractivity contribution >= 4 is 11.8 Å². The summed E-state index contributed by atoms with van der Waals surface area (Å²) in [4.78, 5) is 34.5. The minimum atomic E-state index is -0.0671. The zero-order chi connectivity index (χ0) is 20.5. The standard InChI is InChI=1S/C21H39N5O2/c1-21(2,3)15-26-9-8-17-19(26)20(28)22-14-16(24(17)5)6-7-18(27)25-12-10-23(4)11-13-25/h16-17,19H,6-15H2,1-5H3,(H,22,28). The average molecular weight is 394 g/mol. The van der Waals surface area contributed by atoms with Crippen LogP contribution in [0.4, 0.5) is 0 Å². The molecule has 3 heterocycles. The Hall–Kier alpha value is -1.18. The van der Waals surface area contributed by atoms with Gasteiger partial charge in [0, 0.05) is 64.3 Å². The third-order valence-electron chi connectivity index (χ3n) is 6.57. The fraction of sp³-hybridized carbons (Fsp3) is 0.905. The van der Waals surface area contributed by atoms with Crippen LogP contribution in [0, 0.1) is 5.41 Å². The molecular weight excluding hydrogens is 354 g/mol. The third kappa shape index (κ3) is 5.05. The van der Waals surface area contributed by atoms with Gasteiger partial charge in [-0.05, 0) is 32.4 Å². The van der Waals surface area contributed by atoms with E-state index in [1.165, 1.54) is 0 Å². The highest BCUT2D eigenvalue weighted by molar-refractivity contribution is 5.83. The zero-order valence-electron chi connectivity index (χ0n) is 18.4. The maximum absolute atomic E-state index is 12.8. The summed E-state index contributed by atoms with van der Waals surface area (Å²) in [6.45, 7) is 12.8. The molecule has 0 saturated carbocycles. The van der Waals surface area contributed by atoms with Crippen LogP contribution in [0.25, 0.3) is 0 Å². The second-order valence-corrected chi connectivity index (χ2v) is 10.1. The molecule has 2 amide bonds. The Labute approximate surface area is 170 Å². The first kappa shape index (κ1) is 21.5. The van der Waals surface area contributed by atoms with Crippen molar-refractivity contribution in [3.05, 3.63) is 0 Å². The number of nitrogens with one attached hydrogen (secondary N) is 1. The molecule has 3 fully saturated rings. The highest BCUT2D eigenvalue weighted by Gasteiger charge is 2.45. The summed E-state index contributed by atoms with van der Waals surface area (Å²) in [6.07, 6.45) is 2.40. The van der Waals surface area contributed by atoms with Crippen molar-refractivity contribution in [1.82, 2.24) is 24.9 Å². The Morgan fingerprint density at radius 1 is 1.11 bits per heavy atom. The Morgan fingerprint density at radius 2 is 1.79 bits per heavy atom. The van der Waals surface area contributed by atoms with Crippen LogP contribution >= 0.6 is 0 Å². The van der Waals surface area contributed by atoms with E-state index in [2.05, 4.69) is 54.9 Å². The van der Waals surface area contributed by atoms with Gasteiger partial charge in [-0.1, -0.05) is 20.8 Å². The highest BCUT2D eigenvalue weighted by Crippen LogP contribution is 2.30. The summed E-state index contributed by atoms with van der Waals surface area (Å²) in [5.41, 5.74) is 0.175. The number of carbonyl (C=O) groups is 2. The largest absolute Gasteiger partial charge is 0.353 e. The zero-order valence-corrected chi connectivity index (χ0v) is 18.4. The molecule has 0 aromatic heterocycles. The van der Waals surface area contributed by atoms with Crippen LogP contribution in [0.3, 0.4) is 0 Å². The molecule has 0 aromatic rings. The molecule has 7 nitrogen and oxygen atoms in total. The smallest absolute Gasteiger partial charge is 0.239 e. The molecule has 3 unspecified atom stereocenters. The van der Waals surface area contributed by atoms with Gasteiger partial charge in [-0.2, -0.15) is 0 Å². The fourth-order valence-corrected chi connectivity index (χ4v) is 4.94. The first-order valence-electron chi connectivity index (χ1n) is 10.9. The van der Waals surface area contributed by atoms with Crippen LogP contribution < -0.4 is 5.32 Å². The van der Waals surface area contributed by atoms with E-state index in [0.717, 1.165) is 52.1 Å². The predicted molar refractivity (Wildman–Crippen MR) is 111 cm³/mol. The number of amides is 2. The van der Waals surface area contributed by atoms with Gasteiger partial charge in [0.15, 0.2) is 0 Å². The molecule has 3 aliphatic heterocycles. The van der Waals surface area contributed by atoms with E-state index >= 15 is 0 Å². The van der Waals surface area contributed by atoms with Gasteiger partial charge in [-0.3, -0.25) is 19.4 Å². The molecule has 0 aliphatic carbocycles. The maximum atomic E-state index is 12.8. The molecule has 3 atom stereocenters. The molecule has 0 bridgehead atoms. The lowest BCUT2D eigenvalue weighted by molar-refractivity contribution is -0.133. The van der Waals surface area contributed by atoms with Crippen LogP contribution in [0.5, 0.6) is 0 Å². The summed E-state index contributed by atoms with van der Waals surface area (Å²) in [7, 11) is 4.25. The van der Waals surface area contributed by atoms with Gasteiger partial charge in [0.05, 0.1) is 0 Å². The molecule has 28 heavy (non-hydrogen) atoms. The van der Waals surface area contributed by atoms with Crippen molar-refractivity contribution in [2.45, 2.75) is 58.2 Å². The van der Waals surface area contributed by atoms with Crippen LogP contribution in [0.2, 0.25) is 0 Å². The van der Waals surface area contributed by atoms with E-state index in [4.69, 9.17) is 0 Å². The van der Waals surface area contributed by atoms with Crippen molar-refractivity contribution in [3.8, 4) is 0 Å². The number of likely N-dealkylation sites (tertiary alicyclic amines) is 1. The van der Waals surface area contributed by atoms with Gasteiger partial charge in [0.1, 0.15) is 6.04 Å². The first-order valence-corrected chi connectivity index (χ1v) is 10.9. The molecule has 3 saturated heterocycles. The summed E-state index contributed by atoms with van der Waals surface area (Å²) in [6, 6.07) is 0.404. The maximum Gasteiger partial charge on any atom is 0.239 e. The van der Waals surface area contributed by atoms with Gasteiger partial charge in [0.25, 0.3) is 0 Å². The Balaban J connectivity index is 1.58. The monoisotopic (exact) mass is 393 g/mol. The Morgan fingerprint density at radius 3 is 2.43 bits per heavy atom. The number of hydrogen-bond donors (Lipinski definition) is 1. The minimum absolute atomic E-state index is 0.0671. The second-order valence-electron chi connectivity index (χ2n) is 10.1. The molecule has 1 N–H and O–H groups in total. The van der Waals surface area contributed by atoms with Crippen molar-refractivity contribution in [1.29, 1.82) is 0 Å². The van der Waals surface area contributed by atoms with Gasteiger partial charge in [-0.15, -0.1) is 0 Å². The quantitative estimate of drug-likeness (QED) is 0.752. The lowest BCUT2D eigenvalue weighted by Gasteiger charge is -2.35. The number of nitrogens with zero attached hydrogens (tertiary/aromatic N) is 4. The predicted octanol–water partition coefficient (Wildman–Crippen LogP) is 0.460. The van der Waals surface area contributed by atoms with Crippen LogP contribution in [0.1, 0.15) is 40.0 Å². The molecule has 3 rings (SSSR count). The van der Waals surface area contributed by atoms with Gasteiger partial charge in [0.2, 0.25) is 11.8 Å². The number of rotatable bonds is 4. The summed E-state index contributed by atoms with van der Waals surface area (Å²) >= 11 is 0. The SMILES string of the molecule is CN1CCN(C(=O)CCC2CNC(=O)C3C(CCN3CC(C)(C)C)N2C)CC1. The van der Waals surface area contributed by atoms with Crippen molar-refractivity contribution in [2.75, 3.05) is 59.9 Å². The highest BCUT2D eigenvalue weighted by atomic mass is 16.2. The number of hydrogen-bond acceptors (Lipinski definition) is 5.